The van der Waals surface area contributed by atoms with E-state index in [9.17, 15) is 9.18 Å². The Hall–Kier alpha value is -2.16. The average Bonchev–Trinajstić information content (AvgIpc) is 2.76. The molecule has 21 heavy (non-hydrogen) atoms. The highest BCUT2D eigenvalue weighted by Gasteiger charge is 2.32. The fourth-order valence-corrected chi connectivity index (χ4v) is 2.61. The van der Waals surface area contributed by atoms with E-state index in [1.165, 1.54) is 12.1 Å². The number of carbonyl (C=O) groups excluding carboxylic acids is 1. The van der Waals surface area contributed by atoms with Crippen LogP contribution in [-0.2, 0) is 5.41 Å². The molecule has 2 aromatic carbocycles. The van der Waals surface area contributed by atoms with Crippen molar-refractivity contribution in [3.05, 3.63) is 64.5 Å². The Morgan fingerprint density at radius 3 is 2.52 bits per heavy atom. The van der Waals surface area contributed by atoms with Crippen LogP contribution in [0.2, 0.25) is 0 Å². The Balaban J connectivity index is 2.01. The molecule has 1 heterocycles. The van der Waals surface area contributed by atoms with E-state index in [-0.39, 0.29) is 17.0 Å². The van der Waals surface area contributed by atoms with Crippen LogP contribution in [0.25, 0.3) is 0 Å². The van der Waals surface area contributed by atoms with Crippen LogP contribution in [0.4, 0.5) is 4.39 Å². The third-order valence-corrected chi connectivity index (χ3v) is 3.98. The lowest BCUT2D eigenvalue weighted by molar-refractivity contribution is 0.103. The van der Waals surface area contributed by atoms with Gasteiger partial charge in [-0.05, 0) is 48.9 Å². The molecule has 2 aromatic rings. The van der Waals surface area contributed by atoms with Gasteiger partial charge in [-0.3, -0.25) is 4.79 Å². The summed E-state index contributed by atoms with van der Waals surface area (Å²) in [5, 5.41) is 0. The molecule has 0 aliphatic carbocycles. The first-order valence-corrected chi connectivity index (χ1v) is 6.97. The molecule has 0 atom stereocenters. The van der Waals surface area contributed by atoms with Gasteiger partial charge in [0.05, 0.1) is 6.61 Å². The van der Waals surface area contributed by atoms with E-state index in [1.54, 1.807) is 19.1 Å². The molecule has 0 radical (unpaired) electrons. The molecule has 2 nitrogen and oxygen atoms in total. The molecule has 1 aliphatic rings. The first kappa shape index (κ1) is 13.8. The Kier molecular flexibility index (Phi) is 3.08. The van der Waals surface area contributed by atoms with E-state index in [4.69, 9.17) is 4.74 Å². The van der Waals surface area contributed by atoms with E-state index < -0.39 is 0 Å². The second-order valence-electron chi connectivity index (χ2n) is 6.18. The maximum absolute atomic E-state index is 13.3. The number of benzene rings is 2. The zero-order valence-corrected chi connectivity index (χ0v) is 12.4. The molecule has 3 heteroatoms. The number of carbonyl (C=O) groups is 1. The van der Waals surface area contributed by atoms with Crippen LogP contribution in [0.1, 0.15) is 40.9 Å². The molecule has 3 rings (SSSR count). The Morgan fingerprint density at radius 2 is 1.81 bits per heavy atom. The quantitative estimate of drug-likeness (QED) is 0.778. The van der Waals surface area contributed by atoms with Crippen molar-refractivity contribution in [1.82, 2.24) is 0 Å². The molecule has 0 aromatic heterocycles. The lowest BCUT2D eigenvalue weighted by atomic mass is 9.85. The first-order chi connectivity index (χ1) is 9.88. The summed E-state index contributed by atoms with van der Waals surface area (Å²) < 4.78 is 18.9. The number of hydrogen-bond acceptors (Lipinski definition) is 2. The van der Waals surface area contributed by atoms with Crippen LogP contribution in [-0.4, -0.2) is 12.4 Å². The monoisotopic (exact) mass is 284 g/mol. The van der Waals surface area contributed by atoms with Gasteiger partial charge in [-0.25, -0.2) is 4.39 Å². The predicted octanol–water partition coefficient (Wildman–Crippen LogP) is 4.04. The normalized spacial score (nSPS) is 15.4. The number of rotatable bonds is 2. The summed E-state index contributed by atoms with van der Waals surface area (Å²) in [5.41, 5.74) is 2.55. The SMILES string of the molecule is Cc1cc(C(=O)c2ccc3c(c2)C(C)(C)CO3)ccc1F. The lowest BCUT2D eigenvalue weighted by Gasteiger charge is -2.15. The summed E-state index contributed by atoms with van der Waals surface area (Å²) in [5.74, 6) is 0.450. The highest BCUT2D eigenvalue weighted by Crippen LogP contribution is 2.39. The highest BCUT2D eigenvalue weighted by molar-refractivity contribution is 6.09. The molecular formula is C18H17FO2. The minimum absolute atomic E-state index is 0.0929. The lowest BCUT2D eigenvalue weighted by Crippen LogP contribution is -2.18. The van der Waals surface area contributed by atoms with Crippen LogP contribution in [0, 0.1) is 12.7 Å². The van der Waals surface area contributed by atoms with Gasteiger partial charge in [-0.1, -0.05) is 13.8 Å². The number of fused-ring (bicyclic) bond motifs is 1. The van der Waals surface area contributed by atoms with Gasteiger partial charge in [-0.2, -0.15) is 0 Å². The summed E-state index contributed by atoms with van der Waals surface area (Å²) in [6.07, 6.45) is 0. The largest absolute Gasteiger partial charge is 0.492 e. The van der Waals surface area contributed by atoms with Crippen LogP contribution in [0.5, 0.6) is 5.75 Å². The second kappa shape index (κ2) is 4.69. The van der Waals surface area contributed by atoms with E-state index in [0.717, 1.165) is 11.3 Å². The fraction of sp³-hybridized carbons (Fsp3) is 0.278. The van der Waals surface area contributed by atoms with Gasteiger partial charge >= 0.3 is 0 Å². The molecule has 0 fully saturated rings. The Bertz CT molecular complexity index is 732. The van der Waals surface area contributed by atoms with Crippen molar-refractivity contribution >= 4 is 5.78 Å². The third-order valence-electron chi connectivity index (χ3n) is 3.98. The maximum Gasteiger partial charge on any atom is 0.193 e. The minimum Gasteiger partial charge on any atom is -0.492 e. The molecule has 0 N–H and O–H groups in total. The molecule has 108 valence electrons. The van der Waals surface area contributed by atoms with Gasteiger partial charge in [0, 0.05) is 22.1 Å². The molecule has 0 bridgehead atoms. The summed E-state index contributed by atoms with van der Waals surface area (Å²) in [7, 11) is 0. The summed E-state index contributed by atoms with van der Waals surface area (Å²) >= 11 is 0. The number of aryl methyl sites for hydroxylation is 1. The van der Waals surface area contributed by atoms with Gasteiger partial charge in [0.25, 0.3) is 0 Å². The summed E-state index contributed by atoms with van der Waals surface area (Å²) in [6.45, 7) is 6.46. The van der Waals surface area contributed by atoms with E-state index in [0.29, 0.717) is 23.3 Å². The van der Waals surface area contributed by atoms with E-state index in [2.05, 4.69) is 13.8 Å². The molecule has 0 spiro atoms. The summed E-state index contributed by atoms with van der Waals surface area (Å²) in [6, 6.07) is 9.95. The van der Waals surface area contributed by atoms with Crippen molar-refractivity contribution in [1.29, 1.82) is 0 Å². The van der Waals surface area contributed by atoms with Gasteiger partial charge in [0.15, 0.2) is 5.78 Å². The fourth-order valence-electron chi connectivity index (χ4n) is 2.61. The number of ketones is 1. The number of hydrogen-bond donors (Lipinski definition) is 0. The van der Waals surface area contributed by atoms with Crippen molar-refractivity contribution in [2.75, 3.05) is 6.61 Å². The standard InChI is InChI=1S/C18H17FO2/c1-11-8-12(4-6-15(11)19)17(20)13-5-7-16-14(9-13)18(2,3)10-21-16/h4-9H,10H2,1-3H3. The minimum atomic E-state index is -0.296. The van der Waals surface area contributed by atoms with Gasteiger partial charge < -0.3 is 4.74 Å². The van der Waals surface area contributed by atoms with E-state index in [1.807, 2.05) is 12.1 Å². The van der Waals surface area contributed by atoms with Crippen LogP contribution < -0.4 is 4.74 Å². The summed E-state index contributed by atoms with van der Waals surface area (Å²) in [4.78, 5) is 12.6. The number of halogens is 1. The maximum atomic E-state index is 13.3. The van der Waals surface area contributed by atoms with Crippen LogP contribution in [0.3, 0.4) is 0 Å². The molecule has 1 aliphatic heterocycles. The van der Waals surface area contributed by atoms with Crippen molar-refractivity contribution in [3.63, 3.8) is 0 Å². The zero-order chi connectivity index (χ0) is 15.2. The topological polar surface area (TPSA) is 26.3 Å². The predicted molar refractivity (Wildman–Crippen MR) is 79.5 cm³/mol. The van der Waals surface area contributed by atoms with Crippen molar-refractivity contribution in [2.45, 2.75) is 26.2 Å². The Labute approximate surface area is 123 Å². The first-order valence-electron chi connectivity index (χ1n) is 6.97. The third kappa shape index (κ3) is 2.33. The molecule has 0 saturated heterocycles. The average molecular weight is 284 g/mol. The number of ether oxygens (including phenoxy) is 1. The van der Waals surface area contributed by atoms with Gasteiger partial charge in [0.1, 0.15) is 11.6 Å². The van der Waals surface area contributed by atoms with E-state index >= 15 is 0 Å². The van der Waals surface area contributed by atoms with Crippen molar-refractivity contribution in [3.8, 4) is 5.75 Å². The second-order valence-corrected chi connectivity index (χ2v) is 6.18. The molecular weight excluding hydrogens is 267 g/mol. The molecule has 0 saturated carbocycles. The molecule has 0 unspecified atom stereocenters. The Morgan fingerprint density at radius 1 is 1.14 bits per heavy atom. The van der Waals surface area contributed by atoms with Gasteiger partial charge in [0.2, 0.25) is 0 Å². The highest BCUT2D eigenvalue weighted by atomic mass is 19.1. The van der Waals surface area contributed by atoms with Crippen LogP contribution >= 0.6 is 0 Å². The van der Waals surface area contributed by atoms with Gasteiger partial charge in [-0.15, -0.1) is 0 Å². The van der Waals surface area contributed by atoms with Crippen LogP contribution in [0.15, 0.2) is 36.4 Å². The van der Waals surface area contributed by atoms with Crippen molar-refractivity contribution in [2.24, 2.45) is 0 Å². The van der Waals surface area contributed by atoms with Crippen molar-refractivity contribution < 1.29 is 13.9 Å². The smallest absolute Gasteiger partial charge is 0.193 e. The zero-order valence-electron chi connectivity index (χ0n) is 12.4. The molecule has 0 amide bonds.